The fourth-order valence-corrected chi connectivity index (χ4v) is 2.06. The number of hydrogen-bond acceptors (Lipinski definition) is 4. The van der Waals surface area contributed by atoms with Crippen LogP contribution in [0.3, 0.4) is 0 Å². The molecule has 1 aromatic carbocycles. The minimum Gasteiger partial charge on any atom is -0.395 e. The van der Waals surface area contributed by atoms with Gasteiger partial charge in [-0.2, -0.15) is 5.10 Å². The van der Waals surface area contributed by atoms with Gasteiger partial charge in [0.25, 0.3) is 0 Å². The third-order valence-electron chi connectivity index (χ3n) is 2.19. The molecule has 0 bridgehead atoms. The Balaban J connectivity index is 1.90. The molecule has 2 rings (SSSR count). The maximum atomic E-state index is 8.63. The van der Waals surface area contributed by atoms with E-state index in [1.54, 1.807) is 11.8 Å². The normalized spacial score (nSPS) is 9.83. The minimum absolute atomic E-state index is 0.110. The van der Waals surface area contributed by atoms with Crippen molar-refractivity contribution in [2.75, 3.05) is 6.61 Å². The summed E-state index contributed by atoms with van der Waals surface area (Å²) in [5.74, 6) is 6.74. The Labute approximate surface area is 110 Å². The molecule has 0 aliphatic rings. The van der Waals surface area contributed by atoms with Crippen molar-refractivity contribution in [1.82, 2.24) is 15.2 Å². The molecule has 0 saturated heterocycles. The summed E-state index contributed by atoms with van der Waals surface area (Å²) in [6.45, 7) is 0.110. The maximum Gasteiger partial charge on any atom is 0.183 e. The zero-order chi connectivity index (χ0) is 12.6. The molecule has 0 fully saturated rings. The Morgan fingerprint density at radius 3 is 2.78 bits per heavy atom. The predicted octanol–water partition coefficient (Wildman–Crippen LogP) is 1.83. The molecule has 1 aromatic heterocycles. The summed E-state index contributed by atoms with van der Waals surface area (Å²) in [6.07, 6.45) is 2.02. The number of rotatable bonds is 4. The van der Waals surface area contributed by atoms with E-state index in [4.69, 9.17) is 5.11 Å². The molecular weight excluding hydrogens is 246 g/mol. The molecule has 0 saturated carbocycles. The highest BCUT2D eigenvalue weighted by Crippen LogP contribution is 2.18. The van der Waals surface area contributed by atoms with Crippen LogP contribution in [0.2, 0.25) is 0 Å². The van der Waals surface area contributed by atoms with Crippen molar-refractivity contribution in [1.29, 1.82) is 0 Å². The average molecular weight is 259 g/mol. The second-order valence-corrected chi connectivity index (χ2v) is 4.52. The van der Waals surface area contributed by atoms with Crippen molar-refractivity contribution >= 4 is 11.8 Å². The average Bonchev–Trinajstić information content (AvgIpc) is 2.91. The lowest BCUT2D eigenvalue weighted by atomic mass is 10.1. The quantitative estimate of drug-likeness (QED) is 0.649. The highest BCUT2D eigenvalue weighted by Gasteiger charge is 1.98. The van der Waals surface area contributed by atoms with Gasteiger partial charge in [-0.25, -0.2) is 4.98 Å². The Hall–Kier alpha value is -1.77. The number of aliphatic hydroxyl groups excluding tert-OH is 1. The van der Waals surface area contributed by atoms with Crippen molar-refractivity contribution in [2.24, 2.45) is 0 Å². The zero-order valence-corrected chi connectivity index (χ0v) is 10.6. The fraction of sp³-hybridized carbons (Fsp3) is 0.231. The standard InChI is InChI=1S/C13H13N3OS/c17-8-2-1-3-11-4-6-12(7-5-11)9-18-13-14-10-15-16-13/h4-7,10,17H,2,8-9H2,(H,14,15,16). The first-order chi connectivity index (χ1) is 8.88. The SMILES string of the molecule is OCCC#Cc1ccc(CSc2ncn[nH]2)cc1. The number of aliphatic hydroxyl groups is 1. The molecule has 1 heterocycles. The third-order valence-corrected chi connectivity index (χ3v) is 3.14. The number of aromatic nitrogens is 3. The highest BCUT2D eigenvalue weighted by molar-refractivity contribution is 7.98. The molecule has 2 N–H and O–H groups in total. The molecule has 0 atom stereocenters. The maximum absolute atomic E-state index is 8.63. The van der Waals surface area contributed by atoms with Crippen LogP contribution < -0.4 is 0 Å². The molecule has 0 radical (unpaired) electrons. The topological polar surface area (TPSA) is 61.8 Å². The predicted molar refractivity (Wildman–Crippen MR) is 71.0 cm³/mol. The van der Waals surface area contributed by atoms with E-state index in [2.05, 4.69) is 27.0 Å². The van der Waals surface area contributed by atoms with Crippen molar-refractivity contribution in [2.45, 2.75) is 17.3 Å². The first-order valence-corrected chi connectivity index (χ1v) is 6.54. The number of thioether (sulfide) groups is 1. The van der Waals surface area contributed by atoms with E-state index >= 15 is 0 Å². The van der Waals surface area contributed by atoms with E-state index in [0.29, 0.717) is 6.42 Å². The molecular formula is C13H13N3OS. The van der Waals surface area contributed by atoms with Crippen LogP contribution >= 0.6 is 11.8 Å². The van der Waals surface area contributed by atoms with Crippen molar-refractivity contribution in [3.63, 3.8) is 0 Å². The first-order valence-electron chi connectivity index (χ1n) is 5.55. The van der Waals surface area contributed by atoms with Gasteiger partial charge in [0.2, 0.25) is 0 Å². The lowest BCUT2D eigenvalue weighted by molar-refractivity contribution is 0.305. The lowest BCUT2D eigenvalue weighted by Crippen LogP contribution is -1.83. The van der Waals surface area contributed by atoms with E-state index in [0.717, 1.165) is 16.5 Å². The molecule has 18 heavy (non-hydrogen) atoms. The molecule has 2 aromatic rings. The van der Waals surface area contributed by atoms with Crippen molar-refractivity contribution in [3.8, 4) is 11.8 Å². The Bertz CT molecular complexity index is 526. The van der Waals surface area contributed by atoms with Gasteiger partial charge in [0, 0.05) is 17.7 Å². The smallest absolute Gasteiger partial charge is 0.183 e. The summed E-state index contributed by atoms with van der Waals surface area (Å²) in [5, 5.41) is 16.1. The van der Waals surface area contributed by atoms with Gasteiger partial charge in [0.15, 0.2) is 5.16 Å². The van der Waals surface area contributed by atoms with Crippen LogP contribution in [0.15, 0.2) is 35.7 Å². The molecule has 0 spiro atoms. The second-order valence-electron chi connectivity index (χ2n) is 3.55. The summed E-state index contributed by atoms with van der Waals surface area (Å²) in [6, 6.07) is 8.07. The number of hydrogen-bond donors (Lipinski definition) is 2. The Morgan fingerprint density at radius 2 is 2.11 bits per heavy atom. The number of nitrogens with zero attached hydrogens (tertiary/aromatic N) is 2. The van der Waals surface area contributed by atoms with Crippen LogP contribution in [-0.2, 0) is 5.75 Å². The fourth-order valence-electron chi connectivity index (χ4n) is 1.32. The van der Waals surface area contributed by atoms with Crippen LogP contribution in [0.1, 0.15) is 17.5 Å². The molecule has 92 valence electrons. The zero-order valence-electron chi connectivity index (χ0n) is 9.76. The summed E-state index contributed by atoms with van der Waals surface area (Å²) in [5.41, 5.74) is 2.18. The molecule has 0 amide bonds. The van der Waals surface area contributed by atoms with Gasteiger partial charge in [0.05, 0.1) is 6.61 Å². The monoisotopic (exact) mass is 259 g/mol. The van der Waals surface area contributed by atoms with Crippen LogP contribution in [0.5, 0.6) is 0 Å². The number of benzene rings is 1. The molecule has 0 aliphatic carbocycles. The van der Waals surface area contributed by atoms with Crippen LogP contribution in [0.4, 0.5) is 0 Å². The second kappa shape index (κ2) is 6.84. The van der Waals surface area contributed by atoms with Crippen LogP contribution in [-0.4, -0.2) is 26.9 Å². The van der Waals surface area contributed by atoms with Crippen LogP contribution in [0.25, 0.3) is 0 Å². The van der Waals surface area contributed by atoms with Gasteiger partial charge < -0.3 is 5.11 Å². The van der Waals surface area contributed by atoms with E-state index in [9.17, 15) is 0 Å². The first kappa shape index (κ1) is 12.7. The third kappa shape index (κ3) is 3.91. The summed E-state index contributed by atoms with van der Waals surface area (Å²) in [4.78, 5) is 4.05. The highest BCUT2D eigenvalue weighted by atomic mass is 32.2. The number of H-pyrrole nitrogens is 1. The van der Waals surface area contributed by atoms with Gasteiger partial charge >= 0.3 is 0 Å². The summed E-state index contributed by atoms with van der Waals surface area (Å²) >= 11 is 1.61. The van der Waals surface area contributed by atoms with Gasteiger partial charge in [-0.15, -0.1) is 0 Å². The largest absolute Gasteiger partial charge is 0.395 e. The van der Waals surface area contributed by atoms with Crippen molar-refractivity contribution in [3.05, 3.63) is 41.7 Å². The van der Waals surface area contributed by atoms with E-state index in [1.807, 2.05) is 24.3 Å². The van der Waals surface area contributed by atoms with Gasteiger partial charge in [-0.1, -0.05) is 35.7 Å². The lowest BCUT2D eigenvalue weighted by Gasteiger charge is -1.99. The van der Waals surface area contributed by atoms with Gasteiger partial charge in [0.1, 0.15) is 6.33 Å². The Morgan fingerprint density at radius 1 is 1.28 bits per heavy atom. The van der Waals surface area contributed by atoms with Crippen molar-refractivity contribution < 1.29 is 5.11 Å². The summed E-state index contributed by atoms with van der Waals surface area (Å²) in [7, 11) is 0. The van der Waals surface area contributed by atoms with Gasteiger partial charge in [-0.3, -0.25) is 5.10 Å². The van der Waals surface area contributed by atoms with Gasteiger partial charge in [-0.05, 0) is 17.7 Å². The Kier molecular flexibility index (Phi) is 4.82. The van der Waals surface area contributed by atoms with Crippen LogP contribution in [0, 0.1) is 11.8 Å². The van der Waals surface area contributed by atoms with E-state index in [-0.39, 0.29) is 6.61 Å². The van der Waals surface area contributed by atoms with E-state index < -0.39 is 0 Å². The van der Waals surface area contributed by atoms with E-state index in [1.165, 1.54) is 11.9 Å². The number of aromatic amines is 1. The molecule has 0 unspecified atom stereocenters. The minimum atomic E-state index is 0.110. The summed E-state index contributed by atoms with van der Waals surface area (Å²) < 4.78 is 0. The molecule has 0 aliphatic heterocycles. The molecule has 4 nitrogen and oxygen atoms in total. The molecule has 5 heteroatoms. The number of nitrogens with one attached hydrogen (secondary N) is 1.